The van der Waals surface area contributed by atoms with Gasteiger partial charge in [0.2, 0.25) is 0 Å². The Balaban J connectivity index is 1.33. The Labute approximate surface area is 198 Å². The third-order valence-corrected chi connectivity index (χ3v) is 5.60. The number of pyridine rings is 1. The van der Waals surface area contributed by atoms with Crippen molar-refractivity contribution in [3.05, 3.63) is 106 Å². The Kier molecular flexibility index (Phi) is 5.68. The van der Waals surface area contributed by atoms with Crippen LogP contribution >= 0.6 is 0 Å². The van der Waals surface area contributed by atoms with E-state index in [1.165, 1.54) is 18.3 Å². The van der Waals surface area contributed by atoms with Crippen molar-refractivity contribution in [1.82, 2.24) is 9.99 Å². The Morgan fingerprint density at radius 1 is 0.886 bits per heavy atom. The molecule has 0 saturated heterocycles. The van der Waals surface area contributed by atoms with E-state index >= 15 is 0 Å². The molecule has 0 spiro atoms. The second-order valence-electron chi connectivity index (χ2n) is 7.83. The van der Waals surface area contributed by atoms with Gasteiger partial charge in [0.1, 0.15) is 18.1 Å². The highest BCUT2D eigenvalue weighted by molar-refractivity contribution is 5.95. The minimum Gasteiger partial charge on any atom is -0.478 e. The summed E-state index contributed by atoms with van der Waals surface area (Å²) in [6.45, 7) is -0.0298. The number of amides is 1. The van der Waals surface area contributed by atoms with Crippen molar-refractivity contribution in [3.63, 3.8) is 0 Å². The molecule has 0 aliphatic rings. The fourth-order valence-electron chi connectivity index (χ4n) is 3.95. The van der Waals surface area contributed by atoms with Crippen molar-refractivity contribution < 1.29 is 19.1 Å². The fraction of sp³-hybridized carbons (Fsp3) is 0.0370. The van der Waals surface area contributed by atoms with Crippen LogP contribution in [0.2, 0.25) is 0 Å². The van der Waals surface area contributed by atoms with Gasteiger partial charge in [0.15, 0.2) is 5.43 Å². The maximum absolute atomic E-state index is 12.8. The summed E-state index contributed by atoms with van der Waals surface area (Å²) < 4.78 is 7.51. The van der Waals surface area contributed by atoms with E-state index < -0.39 is 5.97 Å². The summed E-state index contributed by atoms with van der Waals surface area (Å²) in [6, 6.07) is 24.1. The van der Waals surface area contributed by atoms with E-state index in [2.05, 4.69) is 10.5 Å². The molecule has 5 rings (SSSR count). The average Bonchev–Trinajstić information content (AvgIpc) is 3.35. The largest absolute Gasteiger partial charge is 0.478 e. The normalized spacial score (nSPS) is 11.3. The number of benzene rings is 3. The summed E-state index contributed by atoms with van der Waals surface area (Å²) >= 11 is 0. The summed E-state index contributed by atoms with van der Waals surface area (Å²) in [7, 11) is 0. The van der Waals surface area contributed by atoms with E-state index in [9.17, 15) is 14.4 Å². The number of aromatic carboxylic acids is 1. The number of carbonyl (C=O) groups is 2. The highest BCUT2D eigenvalue weighted by Gasteiger charge is 2.12. The van der Waals surface area contributed by atoms with Crippen LogP contribution in [0.25, 0.3) is 33.1 Å². The van der Waals surface area contributed by atoms with Crippen LogP contribution in [0.5, 0.6) is 0 Å². The average molecular weight is 465 g/mol. The van der Waals surface area contributed by atoms with Crippen molar-refractivity contribution in [2.24, 2.45) is 5.10 Å². The van der Waals surface area contributed by atoms with E-state index in [-0.39, 0.29) is 23.4 Å². The van der Waals surface area contributed by atoms with Gasteiger partial charge in [0, 0.05) is 16.3 Å². The molecule has 172 valence electrons. The first kappa shape index (κ1) is 21.8. The number of carbonyl (C=O) groups excluding carboxylic acids is 1. The second-order valence-corrected chi connectivity index (χ2v) is 7.83. The van der Waals surface area contributed by atoms with Gasteiger partial charge in [-0.25, -0.2) is 10.2 Å². The SMILES string of the molecule is O=C(Cn1c2ccccc2c(=O)c2ccccc21)NN=Cc1ccc(-c2ccc(C(=O)O)cc2)o1. The Morgan fingerprint density at radius 2 is 1.51 bits per heavy atom. The van der Waals surface area contributed by atoms with Gasteiger partial charge in [-0.2, -0.15) is 5.10 Å². The summed E-state index contributed by atoms with van der Waals surface area (Å²) in [5.74, 6) is -0.401. The third kappa shape index (κ3) is 4.32. The molecule has 0 unspecified atom stereocenters. The van der Waals surface area contributed by atoms with Gasteiger partial charge in [-0.15, -0.1) is 0 Å². The van der Waals surface area contributed by atoms with Gasteiger partial charge in [-0.05, 0) is 48.5 Å². The van der Waals surface area contributed by atoms with E-state index in [0.717, 1.165) is 5.56 Å². The quantitative estimate of drug-likeness (QED) is 0.221. The first-order chi connectivity index (χ1) is 17.0. The number of para-hydroxylation sites is 2. The number of aromatic nitrogens is 1. The van der Waals surface area contributed by atoms with Gasteiger partial charge in [0.05, 0.1) is 22.8 Å². The fourth-order valence-corrected chi connectivity index (χ4v) is 3.95. The van der Waals surface area contributed by atoms with Crippen LogP contribution in [0.4, 0.5) is 0 Å². The molecule has 35 heavy (non-hydrogen) atoms. The Morgan fingerprint density at radius 3 is 2.14 bits per heavy atom. The number of rotatable bonds is 6. The number of hydrazone groups is 1. The summed E-state index contributed by atoms with van der Waals surface area (Å²) in [6.07, 6.45) is 1.38. The van der Waals surface area contributed by atoms with E-state index in [1.807, 2.05) is 24.3 Å². The first-order valence-electron chi connectivity index (χ1n) is 10.8. The third-order valence-electron chi connectivity index (χ3n) is 5.60. The molecular formula is C27H19N3O5. The summed E-state index contributed by atoms with van der Waals surface area (Å²) in [4.78, 5) is 36.5. The number of nitrogens with zero attached hydrogens (tertiary/aromatic N) is 2. The van der Waals surface area contributed by atoms with Crippen LogP contribution in [0.3, 0.4) is 0 Å². The van der Waals surface area contributed by atoms with Crippen molar-refractivity contribution in [2.45, 2.75) is 6.54 Å². The minimum atomic E-state index is -0.998. The monoisotopic (exact) mass is 465 g/mol. The number of nitrogens with one attached hydrogen (secondary N) is 1. The minimum absolute atomic E-state index is 0.0298. The van der Waals surface area contributed by atoms with Gasteiger partial charge in [-0.3, -0.25) is 9.59 Å². The molecule has 2 aromatic heterocycles. The van der Waals surface area contributed by atoms with Crippen LogP contribution < -0.4 is 10.9 Å². The molecule has 0 aliphatic heterocycles. The molecule has 0 fully saturated rings. The predicted molar refractivity (Wildman–Crippen MR) is 133 cm³/mol. The van der Waals surface area contributed by atoms with E-state index in [4.69, 9.17) is 9.52 Å². The molecule has 8 nitrogen and oxygen atoms in total. The van der Waals surface area contributed by atoms with Crippen molar-refractivity contribution >= 4 is 39.9 Å². The predicted octanol–water partition coefficient (Wildman–Crippen LogP) is 4.26. The second kappa shape index (κ2) is 9.11. The molecular weight excluding hydrogens is 446 g/mol. The zero-order valence-electron chi connectivity index (χ0n) is 18.3. The van der Waals surface area contributed by atoms with Crippen LogP contribution in [-0.2, 0) is 11.3 Å². The maximum Gasteiger partial charge on any atom is 0.335 e. The lowest BCUT2D eigenvalue weighted by Gasteiger charge is -2.14. The van der Waals surface area contributed by atoms with Gasteiger partial charge < -0.3 is 14.1 Å². The Bertz CT molecular complexity index is 1600. The lowest BCUT2D eigenvalue weighted by atomic mass is 10.1. The maximum atomic E-state index is 12.8. The van der Waals surface area contributed by atoms with Gasteiger partial charge in [0.25, 0.3) is 5.91 Å². The molecule has 5 aromatic rings. The number of carboxylic acids is 1. The smallest absolute Gasteiger partial charge is 0.335 e. The molecule has 3 aromatic carbocycles. The number of fused-ring (bicyclic) bond motifs is 2. The van der Waals surface area contributed by atoms with Crippen LogP contribution in [0.15, 0.2) is 99.2 Å². The molecule has 8 heteroatoms. The van der Waals surface area contributed by atoms with Crippen molar-refractivity contribution in [3.8, 4) is 11.3 Å². The molecule has 2 N–H and O–H groups in total. The molecule has 0 saturated carbocycles. The molecule has 0 bridgehead atoms. The Hall–Kier alpha value is -4.98. The molecule has 0 aliphatic carbocycles. The van der Waals surface area contributed by atoms with Crippen molar-refractivity contribution in [1.29, 1.82) is 0 Å². The van der Waals surface area contributed by atoms with E-state index in [1.54, 1.807) is 53.1 Å². The van der Waals surface area contributed by atoms with Gasteiger partial charge >= 0.3 is 5.97 Å². The zero-order valence-corrected chi connectivity index (χ0v) is 18.3. The zero-order chi connectivity index (χ0) is 24.4. The number of hydrogen-bond acceptors (Lipinski definition) is 5. The topological polar surface area (TPSA) is 114 Å². The molecule has 1 amide bonds. The lowest BCUT2D eigenvalue weighted by molar-refractivity contribution is -0.121. The summed E-state index contributed by atoms with van der Waals surface area (Å²) in [5.41, 5.74) is 4.67. The molecule has 0 radical (unpaired) electrons. The van der Waals surface area contributed by atoms with Crippen LogP contribution in [0, 0.1) is 0 Å². The summed E-state index contributed by atoms with van der Waals surface area (Å²) in [5, 5.41) is 14.1. The number of furan rings is 1. The van der Waals surface area contributed by atoms with Gasteiger partial charge in [-0.1, -0.05) is 36.4 Å². The molecule has 2 heterocycles. The highest BCUT2D eigenvalue weighted by Crippen LogP contribution is 2.22. The molecule has 0 atom stereocenters. The number of carboxylic acid groups (broad SMARTS) is 1. The standard InChI is InChI=1S/C27H19N3O5/c31-25(16-30-22-7-3-1-5-20(22)26(32)21-6-2-4-8-23(21)30)29-28-15-19-13-14-24(35-19)17-9-11-18(12-10-17)27(33)34/h1-15H,16H2,(H,29,31)(H,33,34). The highest BCUT2D eigenvalue weighted by atomic mass is 16.4. The lowest BCUT2D eigenvalue weighted by Crippen LogP contribution is -2.25. The first-order valence-corrected chi connectivity index (χ1v) is 10.8. The van der Waals surface area contributed by atoms with E-state index in [0.29, 0.717) is 33.3 Å². The van der Waals surface area contributed by atoms with Crippen molar-refractivity contribution in [2.75, 3.05) is 0 Å². The van der Waals surface area contributed by atoms with Crippen LogP contribution in [0.1, 0.15) is 16.1 Å². The number of hydrogen-bond donors (Lipinski definition) is 2. The van der Waals surface area contributed by atoms with Crippen LogP contribution in [-0.4, -0.2) is 27.8 Å².